The van der Waals surface area contributed by atoms with Crippen molar-refractivity contribution < 1.29 is 28.6 Å². The lowest BCUT2D eigenvalue weighted by molar-refractivity contribution is -0.120. The zero-order valence-electron chi connectivity index (χ0n) is 20.3. The average Bonchev–Trinajstić information content (AvgIpc) is 3.28. The van der Waals surface area contributed by atoms with Crippen LogP contribution in [-0.4, -0.2) is 44.8 Å². The fourth-order valence-corrected chi connectivity index (χ4v) is 4.76. The van der Waals surface area contributed by atoms with E-state index in [1.54, 1.807) is 36.4 Å². The lowest BCUT2D eigenvalue weighted by Crippen LogP contribution is -2.34. The third-order valence-electron chi connectivity index (χ3n) is 5.27. The van der Waals surface area contributed by atoms with Crippen molar-refractivity contribution in [2.75, 3.05) is 20.8 Å². The van der Waals surface area contributed by atoms with E-state index in [9.17, 15) is 14.4 Å². The molecule has 0 radical (unpaired) electrons. The van der Waals surface area contributed by atoms with Crippen molar-refractivity contribution in [3.63, 3.8) is 0 Å². The molecular weight excluding hydrogens is 530 g/mol. The van der Waals surface area contributed by atoms with E-state index in [1.807, 2.05) is 24.3 Å². The van der Waals surface area contributed by atoms with Crippen molar-refractivity contribution in [1.82, 2.24) is 10.7 Å². The van der Waals surface area contributed by atoms with Crippen LogP contribution >= 0.6 is 22.9 Å². The predicted octanol–water partition coefficient (Wildman–Crippen LogP) is 4.67. The Morgan fingerprint density at radius 3 is 2.42 bits per heavy atom. The number of nitrogens with zero attached hydrogens (tertiary/aromatic N) is 1. The largest absolute Gasteiger partial charge is 0.493 e. The summed E-state index contributed by atoms with van der Waals surface area (Å²) in [4.78, 5) is 37.3. The van der Waals surface area contributed by atoms with E-state index in [1.165, 1.54) is 37.8 Å². The van der Waals surface area contributed by atoms with Gasteiger partial charge in [-0.05, 0) is 54.1 Å². The molecule has 0 saturated carbocycles. The first kappa shape index (κ1) is 26.6. The highest BCUT2D eigenvalue weighted by Gasteiger charge is 2.19. The molecule has 0 unspecified atom stereocenters. The number of thiophene rings is 1. The van der Waals surface area contributed by atoms with Crippen LogP contribution in [0, 0.1) is 0 Å². The number of fused-ring (bicyclic) bond motifs is 1. The molecule has 38 heavy (non-hydrogen) atoms. The monoisotopic (exact) mass is 551 g/mol. The standard InChI is InChI=1S/C27H22ClN3O6S/c1-35-20-12-9-17(13-21(20)36-2)26(33)29-15-23(32)31-30-14-16-7-10-18(11-8-16)37-27(34)25-24(28)19-5-3-4-6-22(19)38-25/h3-14H,15H2,1-2H3,(H,29,33)(H,31,32)/b30-14+. The molecule has 4 aromatic rings. The van der Waals surface area contributed by atoms with Gasteiger partial charge in [0.1, 0.15) is 10.6 Å². The van der Waals surface area contributed by atoms with Gasteiger partial charge in [0, 0.05) is 15.6 Å². The molecule has 0 aliphatic heterocycles. The maximum atomic E-state index is 12.6. The van der Waals surface area contributed by atoms with Gasteiger partial charge >= 0.3 is 5.97 Å². The summed E-state index contributed by atoms with van der Waals surface area (Å²) in [6, 6.07) is 18.7. The van der Waals surface area contributed by atoms with E-state index in [4.69, 9.17) is 25.8 Å². The van der Waals surface area contributed by atoms with Crippen LogP contribution < -0.4 is 25.0 Å². The minimum absolute atomic E-state index is 0.278. The maximum Gasteiger partial charge on any atom is 0.355 e. The summed E-state index contributed by atoms with van der Waals surface area (Å²) in [5.41, 5.74) is 3.30. The Hall–Kier alpha value is -4.41. The zero-order chi connectivity index (χ0) is 27.1. The second kappa shape index (κ2) is 12.2. The van der Waals surface area contributed by atoms with Crippen LogP contribution in [0.3, 0.4) is 0 Å². The van der Waals surface area contributed by atoms with Crippen LogP contribution in [0.25, 0.3) is 10.1 Å². The van der Waals surface area contributed by atoms with E-state index >= 15 is 0 Å². The highest BCUT2D eigenvalue weighted by molar-refractivity contribution is 7.21. The molecule has 0 bridgehead atoms. The van der Waals surface area contributed by atoms with Gasteiger partial charge in [-0.15, -0.1) is 11.3 Å². The molecule has 0 atom stereocenters. The number of amides is 2. The number of hydrogen-bond donors (Lipinski definition) is 2. The molecule has 1 aromatic heterocycles. The van der Waals surface area contributed by atoms with Crippen LogP contribution in [0.2, 0.25) is 5.02 Å². The molecule has 2 amide bonds. The number of benzene rings is 3. The van der Waals surface area contributed by atoms with E-state index in [0.717, 1.165) is 10.1 Å². The van der Waals surface area contributed by atoms with Crippen molar-refractivity contribution in [2.45, 2.75) is 0 Å². The highest BCUT2D eigenvalue weighted by Crippen LogP contribution is 2.35. The molecule has 4 rings (SSSR count). The maximum absolute atomic E-state index is 12.6. The lowest BCUT2D eigenvalue weighted by atomic mass is 10.2. The number of esters is 1. The van der Waals surface area contributed by atoms with Crippen molar-refractivity contribution in [3.8, 4) is 17.2 Å². The smallest absolute Gasteiger partial charge is 0.355 e. The molecule has 0 aliphatic rings. The summed E-state index contributed by atoms with van der Waals surface area (Å²) in [5, 5.41) is 7.57. The highest BCUT2D eigenvalue weighted by atomic mass is 35.5. The summed E-state index contributed by atoms with van der Waals surface area (Å²) in [6.45, 7) is -0.278. The number of rotatable bonds is 9. The third kappa shape index (κ3) is 6.28. The number of halogens is 1. The molecule has 2 N–H and O–H groups in total. The number of carbonyl (C=O) groups is 3. The van der Waals surface area contributed by atoms with Crippen LogP contribution in [0.4, 0.5) is 0 Å². The SMILES string of the molecule is COc1ccc(C(=O)NCC(=O)N/N=C/c2ccc(OC(=O)c3sc4ccccc4c3Cl)cc2)cc1OC. The van der Waals surface area contributed by atoms with Gasteiger partial charge in [-0.1, -0.05) is 29.8 Å². The fourth-order valence-electron chi connectivity index (χ4n) is 3.38. The molecule has 0 fully saturated rings. The summed E-state index contributed by atoms with van der Waals surface area (Å²) in [5.74, 6) is -0.280. The van der Waals surface area contributed by atoms with Gasteiger partial charge in [0.25, 0.3) is 11.8 Å². The number of carbonyl (C=O) groups excluding carboxylic acids is 3. The van der Waals surface area contributed by atoms with Crippen molar-refractivity contribution in [2.24, 2.45) is 5.10 Å². The van der Waals surface area contributed by atoms with Gasteiger partial charge in [0.05, 0.1) is 32.0 Å². The Morgan fingerprint density at radius 1 is 0.974 bits per heavy atom. The number of hydrazone groups is 1. The predicted molar refractivity (Wildman–Crippen MR) is 146 cm³/mol. The minimum Gasteiger partial charge on any atom is -0.493 e. The molecule has 194 valence electrons. The Labute approximate surface area is 227 Å². The van der Waals surface area contributed by atoms with E-state index in [-0.39, 0.29) is 6.54 Å². The van der Waals surface area contributed by atoms with Crippen molar-refractivity contribution in [1.29, 1.82) is 0 Å². The second-order valence-corrected chi connectivity index (χ2v) is 9.18. The first-order valence-electron chi connectivity index (χ1n) is 11.2. The van der Waals surface area contributed by atoms with Gasteiger partial charge in [0.15, 0.2) is 11.5 Å². The number of methoxy groups -OCH3 is 2. The van der Waals surface area contributed by atoms with Crippen LogP contribution in [-0.2, 0) is 4.79 Å². The Bertz CT molecular complexity index is 1520. The zero-order valence-corrected chi connectivity index (χ0v) is 21.9. The topological polar surface area (TPSA) is 115 Å². The van der Waals surface area contributed by atoms with Gasteiger partial charge in [-0.3, -0.25) is 9.59 Å². The quantitative estimate of drug-likeness (QED) is 0.135. The molecule has 9 nitrogen and oxygen atoms in total. The molecule has 11 heteroatoms. The third-order valence-corrected chi connectivity index (χ3v) is 6.92. The molecule has 0 spiro atoms. The summed E-state index contributed by atoms with van der Waals surface area (Å²) >= 11 is 7.62. The van der Waals surface area contributed by atoms with Crippen LogP contribution in [0.15, 0.2) is 71.8 Å². The Kier molecular flexibility index (Phi) is 8.57. The molecular formula is C27H22ClN3O6S. The average molecular weight is 552 g/mol. The number of nitrogens with one attached hydrogen (secondary N) is 2. The normalized spacial score (nSPS) is 10.8. The van der Waals surface area contributed by atoms with Crippen molar-refractivity contribution in [3.05, 3.63) is 87.8 Å². The fraction of sp³-hybridized carbons (Fsp3) is 0.111. The second-order valence-electron chi connectivity index (χ2n) is 7.75. The lowest BCUT2D eigenvalue weighted by Gasteiger charge is -2.09. The van der Waals surface area contributed by atoms with Gasteiger partial charge in [0.2, 0.25) is 0 Å². The van der Waals surface area contributed by atoms with Crippen LogP contribution in [0.1, 0.15) is 25.6 Å². The van der Waals surface area contributed by atoms with E-state index in [2.05, 4.69) is 15.8 Å². The molecule has 1 heterocycles. The van der Waals surface area contributed by atoms with Crippen molar-refractivity contribution >= 4 is 57.0 Å². The van der Waals surface area contributed by atoms with Gasteiger partial charge in [-0.2, -0.15) is 5.10 Å². The first-order valence-corrected chi connectivity index (χ1v) is 12.4. The molecule has 3 aromatic carbocycles. The van der Waals surface area contributed by atoms with E-state index < -0.39 is 17.8 Å². The van der Waals surface area contributed by atoms with Gasteiger partial charge in [-0.25, -0.2) is 10.2 Å². The summed E-state index contributed by atoms with van der Waals surface area (Å²) in [7, 11) is 2.96. The summed E-state index contributed by atoms with van der Waals surface area (Å²) < 4.78 is 16.7. The van der Waals surface area contributed by atoms with E-state index in [0.29, 0.717) is 38.3 Å². The number of ether oxygens (including phenoxy) is 3. The Balaban J connectivity index is 1.26. The summed E-state index contributed by atoms with van der Waals surface area (Å²) in [6.07, 6.45) is 1.42. The minimum atomic E-state index is -0.542. The molecule has 0 aliphatic carbocycles. The Morgan fingerprint density at radius 2 is 1.71 bits per heavy atom. The molecule has 0 saturated heterocycles. The first-order chi connectivity index (χ1) is 18.4. The van der Waals surface area contributed by atoms with Crippen LogP contribution in [0.5, 0.6) is 17.2 Å². The van der Waals surface area contributed by atoms with Gasteiger partial charge < -0.3 is 19.5 Å². The number of hydrogen-bond acceptors (Lipinski definition) is 8.